The third kappa shape index (κ3) is 3.76. The standard InChI is InChI=1S/C15H19N5O/c1-3-13-6-11(7-14(19-13)20-16)15(21)18-9-12-8-17-5-4-10(12)2/h4-8H,3,9,16H2,1-2H3,(H,18,21)(H,19,20). The molecule has 2 aromatic rings. The molecule has 2 rings (SSSR count). The van der Waals surface area contributed by atoms with Gasteiger partial charge in [0.05, 0.1) is 0 Å². The molecular formula is C15H19N5O. The van der Waals surface area contributed by atoms with Crippen molar-refractivity contribution in [3.63, 3.8) is 0 Å². The van der Waals surface area contributed by atoms with Gasteiger partial charge in [-0.3, -0.25) is 9.78 Å². The van der Waals surface area contributed by atoms with Crippen LogP contribution < -0.4 is 16.6 Å². The maximum atomic E-state index is 12.2. The fourth-order valence-electron chi connectivity index (χ4n) is 1.93. The molecule has 0 aliphatic carbocycles. The molecule has 0 atom stereocenters. The number of hydrogen-bond donors (Lipinski definition) is 3. The lowest BCUT2D eigenvalue weighted by Crippen LogP contribution is -2.24. The molecule has 6 heteroatoms. The zero-order chi connectivity index (χ0) is 15.2. The molecule has 0 spiro atoms. The predicted octanol–water partition coefficient (Wildman–Crippen LogP) is 1.56. The Labute approximate surface area is 123 Å². The quantitative estimate of drug-likeness (QED) is 0.572. The van der Waals surface area contributed by atoms with Crippen molar-refractivity contribution < 1.29 is 4.79 Å². The molecule has 0 unspecified atom stereocenters. The van der Waals surface area contributed by atoms with Crippen molar-refractivity contribution in [2.45, 2.75) is 26.8 Å². The number of anilines is 1. The second-order valence-electron chi connectivity index (χ2n) is 4.72. The summed E-state index contributed by atoms with van der Waals surface area (Å²) in [6.07, 6.45) is 4.22. The molecule has 110 valence electrons. The fraction of sp³-hybridized carbons (Fsp3) is 0.267. The second kappa shape index (κ2) is 6.81. The first-order valence-electron chi connectivity index (χ1n) is 6.79. The highest BCUT2D eigenvalue weighted by Crippen LogP contribution is 2.11. The topological polar surface area (TPSA) is 92.9 Å². The van der Waals surface area contributed by atoms with Crippen LogP contribution in [-0.2, 0) is 13.0 Å². The predicted molar refractivity (Wildman–Crippen MR) is 81.6 cm³/mol. The average molecular weight is 285 g/mol. The largest absolute Gasteiger partial charge is 0.348 e. The lowest BCUT2D eigenvalue weighted by Gasteiger charge is -2.09. The Morgan fingerprint density at radius 3 is 2.86 bits per heavy atom. The van der Waals surface area contributed by atoms with E-state index in [9.17, 15) is 4.79 Å². The minimum Gasteiger partial charge on any atom is -0.348 e. The number of hydrogen-bond acceptors (Lipinski definition) is 5. The number of nitrogens with zero attached hydrogens (tertiary/aromatic N) is 2. The molecule has 0 aliphatic rings. The number of aryl methyl sites for hydroxylation is 2. The molecule has 21 heavy (non-hydrogen) atoms. The molecule has 0 radical (unpaired) electrons. The number of pyridine rings is 2. The Kier molecular flexibility index (Phi) is 4.84. The lowest BCUT2D eigenvalue weighted by atomic mass is 10.1. The first-order chi connectivity index (χ1) is 10.1. The summed E-state index contributed by atoms with van der Waals surface area (Å²) in [5, 5.41) is 2.88. The minimum atomic E-state index is -0.160. The summed E-state index contributed by atoms with van der Waals surface area (Å²) in [6, 6.07) is 5.32. The third-order valence-corrected chi connectivity index (χ3v) is 3.24. The summed E-state index contributed by atoms with van der Waals surface area (Å²) in [5.41, 5.74) is 5.92. The van der Waals surface area contributed by atoms with E-state index in [2.05, 4.69) is 20.7 Å². The normalized spacial score (nSPS) is 10.2. The number of carbonyl (C=O) groups excluding carboxylic acids is 1. The molecule has 0 aliphatic heterocycles. The number of carbonyl (C=O) groups is 1. The Morgan fingerprint density at radius 1 is 1.38 bits per heavy atom. The minimum absolute atomic E-state index is 0.160. The highest BCUT2D eigenvalue weighted by molar-refractivity contribution is 5.95. The van der Waals surface area contributed by atoms with Gasteiger partial charge in [0.15, 0.2) is 0 Å². The van der Waals surface area contributed by atoms with E-state index in [1.54, 1.807) is 24.5 Å². The van der Waals surface area contributed by atoms with Gasteiger partial charge in [-0.2, -0.15) is 0 Å². The number of amides is 1. The Bertz CT molecular complexity index is 619. The maximum Gasteiger partial charge on any atom is 0.251 e. The van der Waals surface area contributed by atoms with Gasteiger partial charge in [-0.05, 0) is 42.7 Å². The number of rotatable bonds is 5. The molecule has 6 nitrogen and oxygen atoms in total. The summed E-state index contributed by atoms with van der Waals surface area (Å²) >= 11 is 0. The summed E-state index contributed by atoms with van der Waals surface area (Å²) < 4.78 is 0. The molecule has 0 aromatic carbocycles. The first-order valence-corrected chi connectivity index (χ1v) is 6.79. The van der Waals surface area contributed by atoms with Gasteiger partial charge in [-0.15, -0.1) is 0 Å². The zero-order valence-electron chi connectivity index (χ0n) is 12.2. The van der Waals surface area contributed by atoms with Crippen molar-refractivity contribution in [3.05, 3.63) is 53.0 Å². The summed E-state index contributed by atoms with van der Waals surface area (Å²) in [4.78, 5) is 20.6. The molecule has 1 amide bonds. The smallest absolute Gasteiger partial charge is 0.251 e. The Morgan fingerprint density at radius 2 is 2.19 bits per heavy atom. The lowest BCUT2D eigenvalue weighted by molar-refractivity contribution is 0.0950. The van der Waals surface area contributed by atoms with E-state index in [1.807, 2.05) is 19.9 Å². The van der Waals surface area contributed by atoms with Gasteiger partial charge in [-0.25, -0.2) is 10.8 Å². The molecule has 0 saturated heterocycles. The molecule has 2 aromatic heterocycles. The van der Waals surface area contributed by atoms with E-state index >= 15 is 0 Å². The van der Waals surface area contributed by atoms with Crippen LogP contribution in [0, 0.1) is 6.92 Å². The van der Waals surface area contributed by atoms with Crippen LogP contribution in [0.2, 0.25) is 0 Å². The van der Waals surface area contributed by atoms with E-state index in [4.69, 9.17) is 5.84 Å². The molecule has 0 saturated carbocycles. The van der Waals surface area contributed by atoms with Crippen LogP contribution in [0.1, 0.15) is 34.1 Å². The van der Waals surface area contributed by atoms with Gasteiger partial charge < -0.3 is 10.7 Å². The van der Waals surface area contributed by atoms with Crippen LogP contribution >= 0.6 is 0 Å². The van der Waals surface area contributed by atoms with E-state index in [0.717, 1.165) is 23.2 Å². The van der Waals surface area contributed by atoms with E-state index in [1.165, 1.54) is 0 Å². The van der Waals surface area contributed by atoms with Crippen molar-refractivity contribution in [2.24, 2.45) is 5.84 Å². The molecule has 0 bridgehead atoms. The van der Waals surface area contributed by atoms with Crippen LogP contribution in [0.3, 0.4) is 0 Å². The number of aromatic nitrogens is 2. The van der Waals surface area contributed by atoms with Gasteiger partial charge in [0, 0.05) is 30.2 Å². The molecular weight excluding hydrogens is 266 g/mol. The molecule has 2 heterocycles. The highest BCUT2D eigenvalue weighted by Gasteiger charge is 2.09. The van der Waals surface area contributed by atoms with E-state index in [0.29, 0.717) is 17.9 Å². The van der Waals surface area contributed by atoms with Crippen LogP contribution in [0.5, 0.6) is 0 Å². The SMILES string of the molecule is CCc1cc(C(=O)NCc2cnccc2C)cc(NN)n1. The van der Waals surface area contributed by atoms with Crippen LogP contribution in [0.25, 0.3) is 0 Å². The molecule has 4 N–H and O–H groups in total. The molecule has 0 fully saturated rings. The van der Waals surface area contributed by atoms with Crippen LogP contribution in [0.4, 0.5) is 5.82 Å². The number of nitrogen functional groups attached to an aromatic ring is 1. The average Bonchev–Trinajstić information content (AvgIpc) is 2.53. The van der Waals surface area contributed by atoms with Gasteiger partial charge in [-0.1, -0.05) is 6.92 Å². The summed E-state index contributed by atoms with van der Waals surface area (Å²) in [6.45, 7) is 4.40. The van der Waals surface area contributed by atoms with Crippen molar-refractivity contribution in [1.82, 2.24) is 15.3 Å². The van der Waals surface area contributed by atoms with Gasteiger partial charge in [0.1, 0.15) is 5.82 Å². The summed E-state index contributed by atoms with van der Waals surface area (Å²) in [7, 11) is 0. The van der Waals surface area contributed by atoms with E-state index < -0.39 is 0 Å². The van der Waals surface area contributed by atoms with Gasteiger partial charge >= 0.3 is 0 Å². The van der Waals surface area contributed by atoms with Crippen molar-refractivity contribution >= 4 is 11.7 Å². The van der Waals surface area contributed by atoms with Crippen molar-refractivity contribution in [3.8, 4) is 0 Å². The van der Waals surface area contributed by atoms with E-state index in [-0.39, 0.29) is 5.91 Å². The number of nitrogens with two attached hydrogens (primary N) is 1. The summed E-state index contributed by atoms with van der Waals surface area (Å²) in [5.74, 6) is 5.70. The zero-order valence-corrected chi connectivity index (χ0v) is 12.2. The van der Waals surface area contributed by atoms with Gasteiger partial charge in [0.25, 0.3) is 5.91 Å². The second-order valence-corrected chi connectivity index (χ2v) is 4.72. The van der Waals surface area contributed by atoms with Crippen LogP contribution in [-0.4, -0.2) is 15.9 Å². The maximum absolute atomic E-state index is 12.2. The monoisotopic (exact) mass is 285 g/mol. The Hall–Kier alpha value is -2.47. The van der Waals surface area contributed by atoms with Gasteiger partial charge in [0.2, 0.25) is 0 Å². The van der Waals surface area contributed by atoms with Crippen LogP contribution in [0.15, 0.2) is 30.6 Å². The fourth-order valence-corrected chi connectivity index (χ4v) is 1.93. The number of hydrazine groups is 1. The third-order valence-electron chi connectivity index (χ3n) is 3.24. The number of nitrogens with one attached hydrogen (secondary N) is 2. The van der Waals surface area contributed by atoms with Crippen molar-refractivity contribution in [1.29, 1.82) is 0 Å². The first kappa shape index (κ1) is 14.9. The Balaban J connectivity index is 2.11. The highest BCUT2D eigenvalue weighted by atomic mass is 16.1. The van der Waals surface area contributed by atoms with Crippen molar-refractivity contribution in [2.75, 3.05) is 5.43 Å².